The van der Waals surface area contributed by atoms with Crippen LogP contribution in [0.3, 0.4) is 0 Å². The average molecular weight is 348 g/mol. The lowest BCUT2D eigenvalue weighted by Crippen LogP contribution is -2.13. The maximum Gasteiger partial charge on any atom is 0.311 e. The van der Waals surface area contributed by atoms with Crippen LogP contribution in [0.25, 0.3) is 0 Å². The Morgan fingerprint density at radius 1 is 0.880 bits per heavy atom. The van der Waals surface area contributed by atoms with Gasteiger partial charge in [0.1, 0.15) is 5.75 Å². The minimum Gasteiger partial charge on any atom is -0.466 e. The molecule has 1 rings (SSSR count). The van der Waals surface area contributed by atoms with Crippen molar-refractivity contribution in [3.63, 3.8) is 0 Å². The SMILES string of the molecule is CCCCCCCOC(=O)CCC(=O)Oc1ccc(C(C)(C)C)cc1. The number of unbranched alkanes of at least 4 members (excludes halogenated alkanes) is 4. The molecule has 25 heavy (non-hydrogen) atoms. The molecule has 4 heteroatoms. The number of hydrogen-bond acceptors (Lipinski definition) is 4. The van der Waals surface area contributed by atoms with Crippen LogP contribution in [-0.4, -0.2) is 18.5 Å². The van der Waals surface area contributed by atoms with Crippen molar-refractivity contribution in [2.75, 3.05) is 6.61 Å². The van der Waals surface area contributed by atoms with Gasteiger partial charge in [-0.1, -0.05) is 65.5 Å². The number of ether oxygens (including phenoxy) is 2. The molecule has 0 amide bonds. The summed E-state index contributed by atoms with van der Waals surface area (Å²) in [6, 6.07) is 7.48. The molecule has 0 aliphatic carbocycles. The Bertz CT molecular complexity index is 526. The van der Waals surface area contributed by atoms with E-state index >= 15 is 0 Å². The second-order valence-electron chi connectivity index (χ2n) is 7.38. The van der Waals surface area contributed by atoms with E-state index in [0.717, 1.165) is 12.8 Å². The molecule has 0 aliphatic rings. The number of hydrogen-bond donors (Lipinski definition) is 0. The number of rotatable bonds is 10. The summed E-state index contributed by atoms with van der Waals surface area (Å²) in [7, 11) is 0. The van der Waals surface area contributed by atoms with Gasteiger partial charge >= 0.3 is 11.9 Å². The largest absolute Gasteiger partial charge is 0.466 e. The average Bonchev–Trinajstić information content (AvgIpc) is 2.56. The molecule has 0 bridgehead atoms. The Morgan fingerprint density at radius 2 is 1.48 bits per heavy atom. The minimum absolute atomic E-state index is 0.0374. The second-order valence-corrected chi connectivity index (χ2v) is 7.38. The molecule has 0 N–H and O–H groups in total. The van der Waals surface area contributed by atoms with Crippen LogP contribution in [0.1, 0.15) is 78.2 Å². The van der Waals surface area contributed by atoms with Crippen molar-refractivity contribution in [3.05, 3.63) is 29.8 Å². The fourth-order valence-corrected chi connectivity index (χ4v) is 2.37. The number of esters is 2. The molecule has 0 fully saturated rings. The Kier molecular flexibility index (Phi) is 9.25. The van der Waals surface area contributed by atoms with E-state index in [1.54, 1.807) is 12.1 Å². The van der Waals surface area contributed by atoms with Crippen LogP contribution in [-0.2, 0) is 19.7 Å². The third kappa shape index (κ3) is 9.28. The van der Waals surface area contributed by atoms with Crippen molar-refractivity contribution in [2.45, 2.75) is 78.1 Å². The van der Waals surface area contributed by atoms with Crippen molar-refractivity contribution in [3.8, 4) is 5.75 Å². The highest BCUT2D eigenvalue weighted by Crippen LogP contribution is 2.24. The molecule has 0 unspecified atom stereocenters. The Labute approximate surface area is 151 Å². The van der Waals surface area contributed by atoms with Crippen molar-refractivity contribution >= 4 is 11.9 Å². The van der Waals surface area contributed by atoms with Gasteiger partial charge in [-0.3, -0.25) is 9.59 Å². The van der Waals surface area contributed by atoms with Gasteiger partial charge in [0.05, 0.1) is 19.4 Å². The Hall–Kier alpha value is -1.84. The highest BCUT2D eigenvalue weighted by atomic mass is 16.5. The van der Waals surface area contributed by atoms with Gasteiger partial charge in [0.2, 0.25) is 0 Å². The lowest BCUT2D eigenvalue weighted by atomic mass is 9.87. The minimum atomic E-state index is -0.414. The fraction of sp³-hybridized carbons (Fsp3) is 0.619. The van der Waals surface area contributed by atoms with Crippen LogP contribution < -0.4 is 4.74 Å². The normalized spacial score (nSPS) is 11.2. The molecule has 0 spiro atoms. The van der Waals surface area contributed by atoms with E-state index in [1.807, 2.05) is 12.1 Å². The highest BCUT2D eigenvalue weighted by molar-refractivity contribution is 5.79. The first-order chi connectivity index (χ1) is 11.8. The first-order valence-corrected chi connectivity index (χ1v) is 9.29. The molecule has 0 atom stereocenters. The van der Waals surface area contributed by atoms with E-state index in [0.29, 0.717) is 12.4 Å². The smallest absolute Gasteiger partial charge is 0.311 e. The van der Waals surface area contributed by atoms with Gasteiger partial charge < -0.3 is 9.47 Å². The van der Waals surface area contributed by atoms with Gasteiger partial charge in [-0.25, -0.2) is 0 Å². The molecule has 1 aromatic rings. The number of benzene rings is 1. The van der Waals surface area contributed by atoms with Crippen molar-refractivity contribution in [1.82, 2.24) is 0 Å². The topological polar surface area (TPSA) is 52.6 Å². The summed E-state index contributed by atoms with van der Waals surface area (Å²) in [5.74, 6) is -0.249. The fourth-order valence-electron chi connectivity index (χ4n) is 2.37. The molecular weight excluding hydrogens is 316 g/mol. The van der Waals surface area contributed by atoms with Gasteiger partial charge in [0.25, 0.3) is 0 Å². The molecule has 0 radical (unpaired) electrons. The molecule has 4 nitrogen and oxygen atoms in total. The molecule has 1 aromatic carbocycles. The van der Waals surface area contributed by atoms with Crippen LogP contribution in [0.5, 0.6) is 5.75 Å². The zero-order chi connectivity index (χ0) is 18.7. The van der Waals surface area contributed by atoms with Crippen molar-refractivity contribution < 1.29 is 19.1 Å². The van der Waals surface area contributed by atoms with Gasteiger partial charge in [0.15, 0.2) is 0 Å². The van der Waals surface area contributed by atoms with Crippen LogP contribution in [0.15, 0.2) is 24.3 Å². The summed E-state index contributed by atoms with van der Waals surface area (Å²) in [5.41, 5.74) is 1.23. The standard InChI is InChI=1S/C21H32O4/c1-5-6-7-8-9-16-24-19(22)14-15-20(23)25-18-12-10-17(11-13-18)21(2,3)4/h10-13H,5-9,14-16H2,1-4H3. The van der Waals surface area contributed by atoms with Gasteiger partial charge in [-0.15, -0.1) is 0 Å². The lowest BCUT2D eigenvalue weighted by molar-refractivity contribution is -0.147. The Morgan fingerprint density at radius 3 is 2.08 bits per heavy atom. The van der Waals surface area contributed by atoms with E-state index < -0.39 is 5.97 Å². The molecular formula is C21H32O4. The molecule has 0 saturated carbocycles. The van der Waals surface area contributed by atoms with Crippen molar-refractivity contribution in [2.24, 2.45) is 0 Å². The third-order valence-corrected chi connectivity index (χ3v) is 4.00. The summed E-state index contributed by atoms with van der Waals surface area (Å²) in [5, 5.41) is 0. The Balaban J connectivity index is 2.22. The number of carbonyl (C=O) groups is 2. The van der Waals surface area contributed by atoms with E-state index in [-0.39, 0.29) is 24.2 Å². The van der Waals surface area contributed by atoms with E-state index in [2.05, 4.69) is 27.7 Å². The van der Waals surface area contributed by atoms with Gasteiger partial charge in [-0.05, 0) is 29.5 Å². The summed E-state index contributed by atoms with van der Waals surface area (Å²) in [6.07, 6.45) is 5.65. The van der Waals surface area contributed by atoms with Crippen LogP contribution in [0.2, 0.25) is 0 Å². The van der Waals surface area contributed by atoms with E-state index in [1.165, 1.54) is 24.8 Å². The second kappa shape index (κ2) is 10.9. The highest BCUT2D eigenvalue weighted by Gasteiger charge is 2.14. The summed E-state index contributed by atoms with van der Waals surface area (Å²) in [6.45, 7) is 8.99. The maximum absolute atomic E-state index is 11.8. The first-order valence-electron chi connectivity index (χ1n) is 9.29. The molecule has 140 valence electrons. The zero-order valence-corrected chi connectivity index (χ0v) is 16.1. The van der Waals surface area contributed by atoms with Crippen molar-refractivity contribution in [1.29, 1.82) is 0 Å². The van der Waals surface area contributed by atoms with Gasteiger partial charge in [0, 0.05) is 0 Å². The van der Waals surface area contributed by atoms with E-state index in [9.17, 15) is 9.59 Å². The zero-order valence-electron chi connectivity index (χ0n) is 16.1. The molecule has 0 saturated heterocycles. The maximum atomic E-state index is 11.8. The van der Waals surface area contributed by atoms with E-state index in [4.69, 9.17) is 9.47 Å². The first kappa shape index (κ1) is 21.2. The lowest BCUT2D eigenvalue weighted by Gasteiger charge is -2.18. The molecule has 0 aromatic heterocycles. The monoisotopic (exact) mass is 348 g/mol. The number of carbonyl (C=O) groups excluding carboxylic acids is 2. The molecule has 0 heterocycles. The summed E-state index contributed by atoms with van der Waals surface area (Å²) >= 11 is 0. The van der Waals surface area contributed by atoms with Crippen LogP contribution in [0.4, 0.5) is 0 Å². The summed E-state index contributed by atoms with van der Waals surface area (Å²) in [4.78, 5) is 23.4. The quantitative estimate of drug-likeness (QED) is 0.332. The predicted octanol–water partition coefficient (Wildman–Crippen LogP) is 5.18. The third-order valence-electron chi connectivity index (χ3n) is 4.00. The summed E-state index contributed by atoms with van der Waals surface area (Å²) < 4.78 is 10.4. The molecule has 0 aliphatic heterocycles. The predicted molar refractivity (Wildman–Crippen MR) is 99.7 cm³/mol. The van der Waals surface area contributed by atoms with Crippen LogP contribution in [0, 0.1) is 0 Å². The van der Waals surface area contributed by atoms with Gasteiger partial charge in [-0.2, -0.15) is 0 Å². The van der Waals surface area contributed by atoms with Crippen LogP contribution >= 0.6 is 0 Å².